The van der Waals surface area contributed by atoms with Gasteiger partial charge in [0.05, 0.1) is 20.7 Å². The van der Waals surface area contributed by atoms with Gasteiger partial charge >= 0.3 is 0 Å². The molecule has 2 rings (SSSR count). The van der Waals surface area contributed by atoms with E-state index in [-0.39, 0.29) is 5.69 Å². The molecule has 13 heavy (non-hydrogen) atoms. The first kappa shape index (κ1) is 8.47. The Morgan fingerprint density at radius 2 is 2.23 bits per heavy atom. The van der Waals surface area contributed by atoms with E-state index in [1.165, 1.54) is 16.7 Å². The fraction of sp³-hybridized carbons (Fsp3) is 0. The Labute approximate surface area is 82.7 Å². The number of thiophene rings is 1. The first-order valence-electron chi connectivity index (χ1n) is 3.50. The molecule has 0 fully saturated rings. The molecule has 0 saturated heterocycles. The van der Waals surface area contributed by atoms with Gasteiger partial charge in [0, 0.05) is 4.70 Å². The normalized spacial score (nSPS) is 10.5. The van der Waals surface area contributed by atoms with Crippen molar-refractivity contribution in [1.29, 1.82) is 0 Å². The number of nitrogens with zero attached hydrogens (tertiary/aromatic N) is 1. The molecule has 0 atom stereocenters. The van der Waals surface area contributed by atoms with E-state index in [1.54, 1.807) is 12.1 Å². The summed E-state index contributed by atoms with van der Waals surface area (Å²) in [6, 6.07) is 5.26. The fourth-order valence-corrected chi connectivity index (χ4v) is 2.42. The van der Waals surface area contributed by atoms with Crippen LogP contribution >= 0.6 is 22.9 Å². The van der Waals surface area contributed by atoms with E-state index < -0.39 is 4.92 Å². The Kier molecular flexibility index (Phi) is 1.94. The third-order valence-corrected chi connectivity index (χ3v) is 2.98. The highest BCUT2D eigenvalue weighted by atomic mass is 35.5. The topological polar surface area (TPSA) is 43.1 Å². The van der Waals surface area contributed by atoms with Gasteiger partial charge in [-0.2, -0.15) is 0 Å². The second kappa shape index (κ2) is 2.97. The third kappa shape index (κ3) is 1.28. The van der Waals surface area contributed by atoms with Crippen molar-refractivity contribution in [2.45, 2.75) is 0 Å². The minimum absolute atomic E-state index is 0.0885. The van der Waals surface area contributed by atoms with E-state index in [2.05, 4.69) is 0 Å². The quantitative estimate of drug-likeness (QED) is 0.538. The van der Waals surface area contributed by atoms with Crippen LogP contribution in [0, 0.1) is 10.1 Å². The monoisotopic (exact) mass is 213 g/mol. The van der Waals surface area contributed by atoms with Gasteiger partial charge in [0.15, 0.2) is 0 Å². The molecule has 0 radical (unpaired) electrons. The minimum Gasteiger partial charge on any atom is -0.258 e. The minimum atomic E-state index is -0.412. The SMILES string of the molecule is O=[N+]([O-])c1csc2cccc(Cl)c12. The molecular weight excluding hydrogens is 210 g/mol. The number of nitro groups is 1. The number of rotatable bonds is 1. The van der Waals surface area contributed by atoms with E-state index >= 15 is 0 Å². The molecule has 1 heterocycles. The Balaban J connectivity index is 2.86. The summed E-state index contributed by atoms with van der Waals surface area (Å²) < 4.78 is 0.846. The Morgan fingerprint density at radius 3 is 2.92 bits per heavy atom. The predicted molar refractivity (Wildman–Crippen MR) is 53.5 cm³/mol. The molecule has 1 aromatic carbocycles. The van der Waals surface area contributed by atoms with E-state index in [9.17, 15) is 10.1 Å². The van der Waals surface area contributed by atoms with Crippen LogP contribution in [0.1, 0.15) is 0 Å². The smallest absolute Gasteiger partial charge is 0.258 e. The van der Waals surface area contributed by atoms with Crippen LogP contribution in [0.2, 0.25) is 5.02 Å². The van der Waals surface area contributed by atoms with Crippen molar-refractivity contribution < 1.29 is 4.92 Å². The summed E-state index contributed by atoms with van der Waals surface area (Å²) in [5.74, 6) is 0. The molecule has 0 bridgehead atoms. The lowest BCUT2D eigenvalue weighted by Gasteiger charge is -1.92. The highest BCUT2D eigenvalue weighted by Crippen LogP contribution is 2.36. The molecule has 0 aliphatic rings. The molecule has 2 aromatic rings. The number of halogens is 1. The largest absolute Gasteiger partial charge is 0.289 e. The maximum absolute atomic E-state index is 10.6. The van der Waals surface area contributed by atoms with Crippen LogP contribution < -0.4 is 0 Å². The van der Waals surface area contributed by atoms with Gasteiger partial charge in [-0.25, -0.2) is 0 Å². The molecular formula is C8H4ClNO2S. The molecule has 3 nitrogen and oxygen atoms in total. The maximum atomic E-state index is 10.6. The first-order chi connectivity index (χ1) is 6.20. The van der Waals surface area contributed by atoms with Crippen LogP contribution in [-0.2, 0) is 0 Å². The summed E-state index contributed by atoms with van der Waals surface area (Å²) >= 11 is 7.18. The summed E-state index contributed by atoms with van der Waals surface area (Å²) in [5.41, 5.74) is 0.0885. The van der Waals surface area contributed by atoms with Gasteiger partial charge in [0.2, 0.25) is 0 Å². The van der Waals surface area contributed by atoms with Crippen LogP contribution in [0.5, 0.6) is 0 Å². The van der Waals surface area contributed by atoms with Crippen LogP contribution in [0.15, 0.2) is 23.6 Å². The van der Waals surface area contributed by atoms with Crippen LogP contribution in [0.25, 0.3) is 10.1 Å². The molecule has 0 aliphatic carbocycles. The molecule has 0 amide bonds. The zero-order valence-corrected chi connectivity index (χ0v) is 7.93. The second-order valence-electron chi connectivity index (χ2n) is 2.49. The second-order valence-corrected chi connectivity index (χ2v) is 3.81. The first-order valence-corrected chi connectivity index (χ1v) is 4.76. The summed E-state index contributed by atoms with van der Waals surface area (Å²) in [4.78, 5) is 10.2. The van der Waals surface area contributed by atoms with Gasteiger partial charge < -0.3 is 0 Å². The van der Waals surface area contributed by atoms with Crippen LogP contribution in [-0.4, -0.2) is 4.92 Å². The standard InChI is InChI=1S/C8H4ClNO2S/c9-5-2-1-3-7-8(5)6(4-13-7)10(11)12/h1-4H. The van der Waals surface area contributed by atoms with Gasteiger partial charge in [-0.05, 0) is 12.1 Å². The average molecular weight is 214 g/mol. The maximum Gasteiger partial charge on any atom is 0.289 e. The highest BCUT2D eigenvalue weighted by Gasteiger charge is 2.16. The summed E-state index contributed by atoms with van der Waals surface area (Å²) in [6.45, 7) is 0. The van der Waals surface area contributed by atoms with E-state index in [0.717, 1.165) is 4.70 Å². The number of fused-ring (bicyclic) bond motifs is 1. The molecule has 0 aliphatic heterocycles. The van der Waals surface area contributed by atoms with Gasteiger partial charge in [0.25, 0.3) is 5.69 Å². The molecule has 5 heteroatoms. The average Bonchev–Trinajstić information content (AvgIpc) is 2.49. The van der Waals surface area contributed by atoms with Crippen LogP contribution in [0.4, 0.5) is 5.69 Å². The molecule has 0 saturated carbocycles. The Morgan fingerprint density at radius 1 is 1.46 bits per heavy atom. The molecule has 66 valence electrons. The number of hydrogen-bond acceptors (Lipinski definition) is 3. The van der Waals surface area contributed by atoms with Crippen molar-refractivity contribution in [3.63, 3.8) is 0 Å². The van der Waals surface area contributed by atoms with Gasteiger partial charge in [0.1, 0.15) is 0 Å². The van der Waals surface area contributed by atoms with E-state index in [0.29, 0.717) is 10.4 Å². The van der Waals surface area contributed by atoms with Gasteiger partial charge in [-0.15, -0.1) is 11.3 Å². The van der Waals surface area contributed by atoms with Crippen molar-refractivity contribution in [3.8, 4) is 0 Å². The zero-order valence-electron chi connectivity index (χ0n) is 6.36. The van der Waals surface area contributed by atoms with E-state index in [1.807, 2.05) is 6.07 Å². The van der Waals surface area contributed by atoms with Crippen molar-refractivity contribution in [2.24, 2.45) is 0 Å². The zero-order chi connectivity index (χ0) is 9.42. The lowest BCUT2D eigenvalue weighted by atomic mass is 10.2. The lowest BCUT2D eigenvalue weighted by molar-refractivity contribution is -0.382. The molecule has 0 N–H and O–H groups in total. The fourth-order valence-electron chi connectivity index (χ4n) is 1.16. The molecule has 0 spiro atoms. The summed E-state index contributed by atoms with van der Waals surface area (Å²) in [7, 11) is 0. The van der Waals surface area contributed by atoms with Crippen molar-refractivity contribution in [2.75, 3.05) is 0 Å². The summed E-state index contributed by atoms with van der Waals surface area (Å²) in [5, 5.41) is 13.1. The van der Waals surface area contributed by atoms with Crippen molar-refractivity contribution in [3.05, 3.63) is 38.7 Å². The van der Waals surface area contributed by atoms with Gasteiger partial charge in [-0.3, -0.25) is 10.1 Å². The third-order valence-electron chi connectivity index (χ3n) is 1.73. The molecule has 0 unspecified atom stereocenters. The Bertz CT molecular complexity index is 480. The Hall–Kier alpha value is -1.13. The van der Waals surface area contributed by atoms with Crippen molar-refractivity contribution >= 4 is 38.7 Å². The van der Waals surface area contributed by atoms with E-state index in [4.69, 9.17) is 11.6 Å². The van der Waals surface area contributed by atoms with Crippen molar-refractivity contribution in [1.82, 2.24) is 0 Å². The summed E-state index contributed by atoms with van der Waals surface area (Å²) in [6.07, 6.45) is 0. The highest BCUT2D eigenvalue weighted by molar-refractivity contribution is 7.17. The van der Waals surface area contributed by atoms with Crippen LogP contribution in [0.3, 0.4) is 0 Å². The van der Waals surface area contributed by atoms with Gasteiger partial charge in [-0.1, -0.05) is 17.7 Å². The number of hydrogen-bond donors (Lipinski definition) is 0. The molecule has 1 aromatic heterocycles. The predicted octanol–water partition coefficient (Wildman–Crippen LogP) is 3.46. The lowest BCUT2D eigenvalue weighted by Crippen LogP contribution is -1.85. The number of benzene rings is 1.